The molecule has 0 amide bonds. The van der Waals surface area contributed by atoms with E-state index in [4.69, 9.17) is 4.55 Å². The highest BCUT2D eigenvalue weighted by atomic mass is 32.2. The third-order valence-electron chi connectivity index (χ3n) is 0.906. The van der Waals surface area contributed by atoms with Crippen LogP contribution in [-0.2, 0) is 15.9 Å². The first-order valence-electron chi connectivity index (χ1n) is 2.70. The minimum atomic E-state index is -3.99. The molecule has 1 aromatic rings. The standard InChI is InChI=1S/C5H5N2O3S/c8-11(9,10)4-5-3-6-1-2-7-5/h2-3H,4H2,(H,8,9,10). The Labute approximate surface area is 63.9 Å². The molecule has 1 radical (unpaired) electrons. The zero-order valence-electron chi connectivity index (χ0n) is 5.43. The summed E-state index contributed by atoms with van der Waals surface area (Å²) < 4.78 is 28.9. The summed E-state index contributed by atoms with van der Waals surface area (Å²) in [6.45, 7) is 0. The molecule has 0 fully saturated rings. The van der Waals surface area contributed by atoms with Gasteiger partial charge in [0.25, 0.3) is 10.1 Å². The summed E-state index contributed by atoms with van der Waals surface area (Å²) in [4.78, 5) is 7.11. The molecule has 0 unspecified atom stereocenters. The molecule has 0 aliphatic rings. The van der Waals surface area contributed by atoms with E-state index in [0.717, 1.165) is 0 Å². The second kappa shape index (κ2) is 2.93. The summed E-state index contributed by atoms with van der Waals surface area (Å²) in [7, 11) is -3.99. The van der Waals surface area contributed by atoms with Crippen molar-refractivity contribution in [3.63, 3.8) is 0 Å². The SMILES string of the molecule is O=S(=O)(O)Cc1cn[c]cn1. The van der Waals surface area contributed by atoms with Crippen LogP contribution in [0.5, 0.6) is 0 Å². The van der Waals surface area contributed by atoms with E-state index in [1.807, 2.05) is 0 Å². The normalized spacial score (nSPS) is 11.4. The van der Waals surface area contributed by atoms with Crippen LogP contribution in [0, 0.1) is 6.20 Å². The van der Waals surface area contributed by atoms with Gasteiger partial charge in [-0.2, -0.15) is 8.42 Å². The monoisotopic (exact) mass is 173 g/mol. The summed E-state index contributed by atoms with van der Waals surface area (Å²) in [5.41, 5.74) is 0.200. The minimum absolute atomic E-state index is 0.200. The van der Waals surface area contributed by atoms with Gasteiger partial charge in [-0.1, -0.05) is 0 Å². The average Bonchev–Trinajstić information content (AvgIpc) is 1.85. The van der Waals surface area contributed by atoms with Crippen molar-refractivity contribution in [2.75, 3.05) is 0 Å². The van der Waals surface area contributed by atoms with E-state index in [-0.39, 0.29) is 5.69 Å². The zero-order valence-corrected chi connectivity index (χ0v) is 6.24. The van der Waals surface area contributed by atoms with Crippen LogP contribution < -0.4 is 0 Å². The van der Waals surface area contributed by atoms with Crippen molar-refractivity contribution in [2.45, 2.75) is 5.75 Å². The molecular formula is C5H5N2O3S. The number of hydrogen-bond donors (Lipinski definition) is 1. The van der Waals surface area contributed by atoms with Gasteiger partial charge in [0, 0.05) is 0 Å². The van der Waals surface area contributed by atoms with Crippen molar-refractivity contribution in [3.8, 4) is 0 Å². The molecule has 0 saturated heterocycles. The van der Waals surface area contributed by atoms with Crippen LogP contribution in [-0.4, -0.2) is 22.9 Å². The van der Waals surface area contributed by atoms with Gasteiger partial charge in [-0.15, -0.1) is 0 Å². The van der Waals surface area contributed by atoms with Crippen LogP contribution in [0.3, 0.4) is 0 Å². The van der Waals surface area contributed by atoms with Crippen molar-refractivity contribution in [2.24, 2.45) is 0 Å². The van der Waals surface area contributed by atoms with Gasteiger partial charge in [-0.3, -0.25) is 14.5 Å². The first kappa shape index (κ1) is 8.09. The highest BCUT2D eigenvalue weighted by Gasteiger charge is 2.06. The Bertz CT molecular complexity index is 321. The number of rotatable bonds is 2. The molecule has 0 aliphatic heterocycles. The first-order chi connectivity index (χ1) is 5.08. The Morgan fingerprint density at radius 2 is 2.36 bits per heavy atom. The van der Waals surface area contributed by atoms with Gasteiger partial charge < -0.3 is 0 Å². The van der Waals surface area contributed by atoms with E-state index in [2.05, 4.69) is 16.2 Å². The van der Waals surface area contributed by atoms with Crippen LogP contribution in [0.1, 0.15) is 5.69 Å². The number of hydrogen-bond acceptors (Lipinski definition) is 4. The smallest absolute Gasteiger partial charge is 0.270 e. The molecule has 59 valence electrons. The molecule has 1 aromatic heterocycles. The second-order valence-corrected chi connectivity index (χ2v) is 3.32. The van der Waals surface area contributed by atoms with Crippen molar-refractivity contribution in [1.29, 1.82) is 0 Å². The lowest BCUT2D eigenvalue weighted by Gasteiger charge is -1.93. The van der Waals surface area contributed by atoms with Gasteiger partial charge in [-0.25, -0.2) is 0 Å². The largest absolute Gasteiger partial charge is 0.285 e. The maximum atomic E-state index is 10.3. The van der Waals surface area contributed by atoms with Gasteiger partial charge in [0.05, 0.1) is 18.1 Å². The van der Waals surface area contributed by atoms with E-state index >= 15 is 0 Å². The summed E-state index contributed by atoms with van der Waals surface area (Å²) >= 11 is 0. The molecule has 11 heavy (non-hydrogen) atoms. The number of aromatic nitrogens is 2. The highest BCUT2D eigenvalue weighted by molar-refractivity contribution is 7.84. The quantitative estimate of drug-likeness (QED) is 0.619. The second-order valence-electron chi connectivity index (χ2n) is 1.86. The van der Waals surface area contributed by atoms with E-state index in [0.29, 0.717) is 0 Å². The maximum Gasteiger partial charge on any atom is 0.270 e. The molecule has 6 heteroatoms. The van der Waals surface area contributed by atoms with Gasteiger partial charge in [0.1, 0.15) is 11.9 Å². The lowest BCUT2D eigenvalue weighted by molar-refractivity contribution is 0.481. The summed E-state index contributed by atoms with van der Waals surface area (Å²) in [6.07, 6.45) is 4.85. The predicted molar refractivity (Wildman–Crippen MR) is 36.1 cm³/mol. The molecule has 0 atom stereocenters. The van der Waals surface area contributed by atoms with Crippen molar-refractivity contribution < 1.29 is 13.0 Å². The van der Waals surface area contributed by atoms with E-state index in [1.54, 1.807) is 0 Å². The van der Waals surface area contributed by atoms with Crippen molar-refractivity contribution >= 4 is 10.1 Å². The van der Waals surface area contributed by atoms with Crippen LogP contribution in [0.25, 0.3) is 0 Å². The van der Waals surface area contributed by atoms with Crippen LogP contribution in [0.4, 0.5) is 0 Å². The lowest BCUT2D eigenvalue weighted by atomic mass is 10.5. The molecule has 0 aromatic carbocycles. The maximum absolute atomic E-state index is 10.3. The van der Waals surface area contributed by atoms with Gasteiger partial charge in [0.15, 0.2) is 0 Å². The van der Waals surface area contributed by atoms with Gasteiger partial charge in [-0.05, 0) is 0 Å². The number of nitrogens with zero attached hydrogens (tertiary/aromatic N) is 2. The topological polar surface area (TPSA) is 80.2 Å². The Kier molecular flexibility index (Phi) is 2.16. The Morgan fingerprint density at radius 1 is 1.64 bits per heavy atom. The Balaban J connectivity index is 2.82. The predicted octanol–water partition coefficient (Wildman–Crippen LogP) is -0.335. The third kappa shape index (κ3) is 3.06. The fourth-order valence-corrected chi connectivity index (χ4v) is 1.07. The molecule has 1 rings (SSSR count). The van der Waals surface area contributed by atoms with Crippen LogP contribution >= 0.6 is 0 Å². The Hall–Kier alpha value is -1.01. The molecule has 1 N–H and O–H groups in total. The third-order valence-corrected chi connectivity index (χ3v) is 1.57. The highest BCUT2D eigenvalue weighted by Crippen LogP contribution is 1.96. The first-order valence-corrected chi connectivity index (χ1v) is 4.31. The molecule has 1 heterocycles. The minimum Gasteiger partial charge on any atom is -0.285 e. The summed E-state index contributed by atoms with van der Waals surface area (Å²) in [5.74, 6) is -0.505. The van der Waals surface area contributed by atoms with E-state index in [9.17, 15) is 8.42 Å². The van der Waals surface area contributed by atoms with Crippen molar-refractivity contribution in [3.05, 3.63) is 24.3 Å². The fourth-order valence-electron chi connectivity index (χ4n) is 0.552. The summed E-state index contributed by atoms with van der Waals surface area (Å²) in [6, 6.07) is 0. The summed E-state index contributed by atoms with van der Waals surface area (Å²) in [5, 5.41) is 0. The van der Waals surface area contributed by atoms with Crippen LogP contribution in [0.2, 0.25) is 0 Å². The molecule has 0 spiro atoms. The van der Waals surface area contributed by atoms with E-state index < -0.39 is 15.9 Å². The van der Waals surface area contributed by atoms with E-state index in [1.165, 1.54) is 12.4 Å². The molecule has 0 saturated carbocycles. The lowest BCUT2D eigenvalue weighted by Crippen LogP contribution is -2.03. The average molecular weight is 173 g/mol. The molecule has 0 bridgehead atoms. The Morgan fingerprint density at radius 3 is 2.82 bits per heavy atom. The van der Waals surface area contributed by atoms with Crippen molar-refractivity contribution in [1.82, 2.24) is 9.97 Å². The fraction of sp³-hybridized carbons (Fsp3) is 0.200. The molecular weight excluding hydrogens is 168 g/mol. The molecule has 5 nitrogen and oxygen atoms in total. The van der Waals surface area contributed by atoms with Gasteiger partial charge >= 0.3 is 0 Å². The van der Waals surface area contributed by atoms with Crippen LogP contribution in [0.15, 0.2) is 12.4 Å². The van der Waals surface area contributed by atoms with Gasteiger partial charge in [0.2, 0.25) is 0 Å². The zero-order chi connectivity index (χ0) is 8.32. The molecule has 0 aliphatic carbocycles.